The molecule has 1 aromatic heterocycles. The monoisotopic (exact) mass is 351 g/mol. The lowest BCUT2D eigenvalue weighted by molar-refractivity contribution is 0.577. The van der Waals surface area contributed by atoms with E-state index in [-0.39, 0.29) is 0 Å². The molecule has 2 aromatic rings. The van der Waals surface area contributed by atoms with E-state index in [1.165, 1.54) is 26.2 Å². The summed E-state index contributed by atoms with van der Waals surface area (Å²) in [6.07, 6.45) is 2.29. The molecule has 2 rings (SSSR count). The molecule has 0 aliphatic heterocycles. The van der Waals surface area contributed by atoms with Crippen LogP contribution in [0, 0.1) is 6.92 Å². The number of rotatable bonds is 7. The Hall–Kier alpha value is -0.640. The largest absolute Gasteiger partial charge is 0.316 e. The molecule has 0 amide bonds. The first-order valence-corrected chi connectivity index (χ1v) is 8.82. The van der Waals surface area contributed by atoms with Gasteiger partial charge < -0.3 is 5.32 Å². The molecular weight excluding hydrogens is 330 g/mol. The Bertz CT molecular complexity index is 535. The van der Waals surface area contributed by atoms with Gasteiger partial charge in [0.15, 0.2) is 0 Å². The van der Waals surface area contributed by atoms with E-state index in [1.54, 1.807) is 0 Å². The van der Waals surface area contributed by atoms with Crippen molar-refractivity contribution in [1.82, 2.24) is 5.32 Å². The molecule has 0 spiro atoms. The van der Waals surface area contributed by atoms with Gasteiger partial charge in [0.2, 0.25) is 0 Å². The number of hydrogen-bond acceptors (Lipinski definition) is 2. The summed E-state index contributed by atoms with van der Waals surface area (Å²) in [6, 6.07) is 13.1. The Morgan fingerprint density at radius 1 is 1.20 bits per heavy atom. The third kappa shape index (κ3) is 4.44. The quantitative estimate of drug-likeness (QED) is 0.680. The molecule has 20 heavy (non-hydrogen) atoms. The smallest absolute Gasteiger partial charge is 0.0701 e. The van der Waals surface area contributed by atoms with Gasteiger partial charge in [0.25, 0.3) is 0 Å². The summed E-state index contributed by atoms with van der Waals surface area (Å²) in [7, 11) is 0. The molecule has 0 aliphatic carbocycles. The number of benzene rings is 1. The standard InChI is InChI=1S/C17H22BrNS/c1-3-10-19-12-14(11-15-8-9-17(18)20-15)16-7-5-4-6-13(16)2/h4-9,14,19H,3,10-12H2,1-2H3. The van der Waals surface area contributed by atoms with Crippen molar-refractivity contribution in [2.24, 2.45) is 0 Å². The summed E-state index contributed by atoms with van der Waals surface area (Å²) in [4.78, 5) is 1.45. The lowest BCUT2D eigenvalue weighted by Crippen LogP contribution is -2.24. The van der Waals surface area contributed by atoms with Crippen molar-refractivity contribution in [2.45, 2.75) is 32.6 Å². The van der Waals surface area contributed by atoms with Gasteiger partial charge in [0.1, 0.15) is 0 Å². The fraction of sp³-hybridized carbons (Fsp3) is 0.412. The van der Waals surface area contributed by atoms with Crippen LogP contribution in [-0.4, -0.2) is 13.1 Å². The summed E-state index contributed by atoms with van der Waals surface area (Å²) in [5.41, 5.74) is 2.87. The van der Waals surface area contributed by atoms with Gasteiger partial charge in [-0.05, 0) is 65.5 Å². The van der Waals surface area contributed by atoms with Crippen LogP contribution in [0.5, 0.6) is 0 Å². The normalized spacial score (nSPS) is 12.6. The second-order valence-electron chi connectivity index (χ2n) is 5.17. The van der Waals surface area contributed by atoms with E-state index in [0.717, 1.165) is 19.5 Å². The second-order valence-corrected chi connectivity index (χ2v) is 7.72. The van der Waals surface area contributed by atoms with Crippen molar-refractivity contribution in [3.8, 4) is 0 Å². The van der Waals surface area contributed by atoms with Crippen LogP contribution >= 0.6 is 27.3 Å². The van der Waals surface area contributed by atoms with E-state index in [0.29, 0.717) is 5.92 Å². The summed E-state index contributed by atoms with van der Waals surface area (Å²) in [6.45, 7) is 6.57. The van der Waals surface area contributed by atoms with E-state index < -0.39 is 0 Å². The molecule has 0 saturated heterocycles. The zero-order valence-corrected chi connectivity index (χ0v) is 14.6. The molecule has 108 valence electrons. The minimum atomic E-state index is 0.549. The highest BCUT2D eigenvalue weighted by atomic mass is 79.9. The number of hydrogen-bond donors (Lipinski definition) is 1. The third-order valence-electron chi connectivity index (χ3n) is 3.52. The predicted molar refractivity (Wildman–Crippen MR) is 92.8 cm³/mol. The molecule has 0 aliphatic rings. The van der Waals surface area contributed by atoms with Crippen LogP contribution in [0.2, 0.25) is 0 Å². The van der Waals surface area contributed by atoms with Crippen molar-refractivity contribution in [3.63, 3.8) is 0 Å². The molecule has 3 heteroatoms. The Morgan fingerprint density at radius 3 is 2.65 bits per heavy atom. The van der Waals surface area contributed by atoms with E-state index in [9.17, 15) is 0 Å². The molecule has 1 aromatic carbocycles. The zero-order chi connectivity index (χ0) is 14.4. The van der Waals surface area contributed by atoms with Crippen LogP contribution in [0.1, 0.15) is 35.3 Å². The van der Waals surface area contributed by atoms with Gasteiger partial charge in [0.05, 0.1) is 3.79 Å². The van der Waals surface area contributed by atoms with Gasteiger partial charge in [-0.1, -0.05) is 31.2 Å². The molecule has 1 heterocycles. The van der Waals surface area contributed by atoms with Crippen molar-refractivity contribution < 1.29 is 0 Å². The summed E-state index contributed by atoms with van der Waals surface area (Å²) in [5.74, 6) is 0.549. The van der Waals surface area contributed by atoms with Crippen LogP contribution in [-0.2, 0) is 6.42 Å². The molecule has 1 nitrogen and oxygen atoms in total. The van der Waals surface area contributed by atoms with E-state index in [2.05, 4.69) is 71.5 Å². The highest BCUT2D eigenvalue weighted by molar-refractivity contribution is 9.11. The fourth-order valence-corrected chi connectivity index (χ4v) is 4.06. The highest BCUT2D eigenvalue weighted by Gasteiger charge is 2.15. The summed E-state index contributed by atoms with van der Waals surface area (Å²) in [5, 5.41) is 3.58. The first-order valence-electron chi connectivity index (χ1n) is 7.21. The SMILES string of the molecule is CCCNCC(Cc1ccc(Br)s1)c1ccccc1C. The second kappa shape index (κ2) is 7.96. The average molecular weight is 352 g/mol. The van der Waals surface area contributed by atoms with Crippen molar-refractivity contribution >= 4 is 27.3 Å². The van der Waals surface area contributed by atoms with Crippen LogP contribution in [0.15, 0.2) is 40.2 Å². The molecule has 1 unspecified atom stereocenters. The summed E-state index contributed by atoms with van der Waals surface area (Å²) < 4.78 is 1.22. The zero-order valence-electron chi connectivity index (χ0n) is 12.2. The number of thiophene rings is 1. The maximum atomic E-state index is 3.58. The van der Waals surface area contributed by atoms with Gasteiger partial charge in [-0.15, -0.1) is 11.3 Å². The Kier molecular flexibility index (Phi) is 6.27. The van der Waals surface area contributed by atoms with Crippen LogP contribution < -0.4 is 5.32 Å². The van der Waals surface area contributed by atoms with Crippen molar-refractivity contribution in [1.29, 1.82) is 0 Å². The molecule has 1 N–H and O–H groups in total. The molecule has 1 atom stereocenters. The Balaban J connectivity index is 2.13. The van der Waals surface area contributed by atoms with Crippen molar-refractivity contribution in [2.75, 3.05) is 13.1 Å². The van der Waals surface area contributed by atoms with Crippen LogP contribution in [0.3, 0.4) is 0 Å². The minimum absolute atomic E-state index is 0.549. The van der Waals surface area contributed by atoms with Gasteiger partial charge >= 0.3 is 0 Å². The third-order valence-corrected chi connectivity index (χ3v) is 5.17. The maximum absolute atomic E-state index is 3.58. The number of aryl methyl sites for hydroxylation is 1. The first kappa shape index (κ1) is 15.7. The topological polar surface area (TPSA) is 12.0 Å². The van der Waals surface area contributed by atoms with Gasteiger partial charge in [0, 0.05) is 17.3 Å². The van der Waals surface area contributed by atoms with Crippen molar-refractivity contribution in [3.05, 3.63) is 56.2 Å². The maximum Gasteiger partial charge on any atom is 0.0701 e. The molecule has 0 radical (unpaired) electrons. The highest BCUT2D eigenvalue weighted by Crippen LogP contribution is 2.29. The molecule has 0 bridgehead atoms. The summed E-state index contributed by atoms with van der Waals surface area (Å²) >= 11 is 5.40. The Morgan fingerprint density at radius 2 is 2.00 bits per heavy atom. The van der Waals surface area contributed by atoms with E-state index in [1.807, 2.05) is 11.3 Å². The number of nitrogens with one attached hydrogen (secondary N) is 1. The van der Waals surface area contributed by atoms with Gasteiger partial charge in [-0.25, -0.2) is 0 Å². The minimum Gasteiger partial charge on any atom is -0.316 e. The number of halogens is 1. The molecule has 0 saturated carbocycles. The van der Waals surface area contributed by atoms with Crippen LogP contribution in [0.4, 0.5) is 0 Å². The molecule has 0 fully saturated rings. The van der Waals surface area contributed by atoms with E-state index >= 15 is 0 Å². The van der Waals surface area contributed by atoms with Gasteiger partial charge in [-0.2, -0.15) is 0 Å². The lowest BCUT2D eigenvalue weighted by Gasteiger charge is -2.19. The molecular formula is C17H22BrNS. The fourth-order valence-electron chi connectivity index (χ4n) is 2.49. The first-order chi connectivity index (χ1) is 9.70. The average Bonchev–Trinajstić information content (AvgIpc) is 2.84. The van der Waals surface area contributed by atoms with Gasteiger partial charge in [-0.3, -0.25) is 0 Å². The Labute approximate surface area is 134 Å². The van der Waals surface area contributed by atoms with E-state index in [4.69, 9.17) is 0 Å². The predicted octanol–water partition coefficient (Wildman–Crippen LogP) is 5.14. The lowest BCUT2D eigenvalue weighted by atomic mass is 9.91. The van der Waals surface area contributed by atoms with Crippen LogP contribution in [0.25, 0.3) is 0 Å².